The zero-order chi connectivity index (χ0) is 18.8. The topological polar surface area (TPSA) is 58.2 Å². The molecule has 0 bridgehead atoms. The van der Waals surface area contributed by atoms with Gasteiger partial charge >= 0.3 is 18.0 Å². The minimum atomic E-state index is -4.59. The Bertz CT molecular complexity index is 835. The van der Waals surface area contributed by atoms with Crippen LogP contribution in [-0.2, 0) is 15.8 Å². The van der Waals surface area contributed by atoms with Crippen molar-refractivity contribution in [3.05, 3.63) is 58.1 Å². The molecule has 132 valence electrons. The Morgan fingerprint density at radius 1 is 0.920 bits per heavy atom. The van der Waals surface area contributed by atoms with Crippen LogP contribution in [0.4, 0.5) is 24.5 Å². The number of rotatable bonds is 2. The maximum Gasteiger partial charge on any atom is 0.416 e. The van der Waals surface area contributed by atoms with E-state index in [1.807, 2.05) is 13.0 Å². The lowest BCUT2D eigenvalue weighted by Gasteiger charge is -2.12. The van der Waals surface area contributed by atoms with Crippen molar-refractivity contribution in [1.82, 2.24) is 0 Å². The van der Waals surface area contributed by atoms with E-state index in [0.29, 0.717) is 11.8 Å². The second kappa shape index (κ2) is 7.14. The molecule has 2 rings (SSSR count). The molecule has 4 nitrogen and oxygen atoms in total. The number of carbonyl (C=O) groups excluding carboxylic acids is 2. The molecule has 2 N–H and O–H groups in total. The Morgan fingerprint density at radius 3 is 2.08 bits per heavy atom. The van der Waals surface area contributed by atoms with Crippen LogP contribution in [0.15, 0.2) is 36.4 Å². The van der Waals surface area contributed by atoms with E-state index in [-0.39, 0.29) is 10.7 Å². The van der Waals surface area contributed by atoms with Crippen LogP contribution < -0.4 is 10.6 Å². The first-order chi connectivity index (χ1) is 11.6. The number of carbonyl (C=O) groups is 2. The number of aryl methyl sites for hydroxylation is 2. The summed E-state index contributed by atoms with van der Waals surface area (Å²) in [6, 6.07) is 7.66. The third kappa shape index (κ3) is 4.73. The van der Waals surface area contributed by atoms with E-state index in [4.69, 9.17) is 11.6 Å². The molecule has 0 radical (unpaired) electrons. The fourth-order valence-corrected chi connectivity index (χ4v) is 2.27. The number of hydrogen-bond acceptors (Lipinski definition) is 2. The maximum absolute atomic E-state index is 12.7. The lowest BCUT2D eigenvalue weighted by Crippen LogP contribution is -2.29. The van der Waals surface area contributed by atoms with E-state index < -0.39 is 23.6 Å². The highest BCUT2D eigenvalue weighted by Crippen LogP contribution is 2.33. The minimum absolute atomic E-state index is 0.110. The largest absolute Gasteiger partial charge is 0.416 e. The number of benzene rings is 2. The molecule has 0 aliphatic heterocycles. The highest BCUT2D eigenvalue weighted by molar-refractivity contribution is 6.44. The average molecular weight is 371 g/mol. The standard InChI is InChI=1S/C17H14ClF3N2O2/c1-9-3-6-13(10(2)7-9)22-15(24)16(25)23-14-8-11(17(19,20)21)4-5-12(14)18/h3-8H,1-2H3,(H,22,24)(H,23,25). The molecule has 0 spiro atoms. The zero-order valence-electron chi connectivity index (χ0n) is 13.3. The Morgan fingerprint density at radius 2 is 1.52 bits per heavy atom. The van der Waals surface area contributed by atoms with E-state index in [2.05, 4.69) is 10.6 Å². The van der Waals surface area contributed by atoms with Crippen LogP contribution in [0, 0.1) is 13.8 Å². The van der Waals surface area contributed by atoms with Gasteiger partial charge in [-0.15, -0.1) is 0 Å². The lowest BCUT2D eigenvalue weighted by molar-refractivity contribution is -0.137. The number of nitrogens with one attached hydrogen (secondary N) is 2. The van der Waals surface area contributed by atoms with E-state index in [1.165, 1.54) is 0 Å². The molecule has 25 heavy (non-hydrogen) atoms. The van der Waals surface area contributed by atoms with Crippen LogP contribution in [0.1, 0.15) is 16.7 Å². The monoisotopic (exact) mass is 370 g/mol. The molecule has 0 saturated heterocycles. The van der Waals surface area contributed by atoms with Gasteiger partial charge in [0.25, 0.3) is 0 Å². The molecule has 0 aliphatic carbocycles. The van der Waals surface area contributed by atoms with Crippen molar-refractivity contribution in [1.29, 1.82) is 0 Å². The van der Waals surface area contributed by atoms with Crippen LogP contribution in [-0.4, -0.2) is 11.8 Å². The summed E-state index contributed by atoms with van der Waals surface area (Å²) in [6.45, 7) is 3.63. The molecule has 8 heteroatoms. The molecule has 0 atom stereocenters. The predicted octanol–water partition coefficient (Wildman–Crippen LogP) is 4.55. The third-order valence-corrected chi connectivity index (χ3v) is 3.71. The van der Waals surface area contributed by atoms with Gasteiger partial charge in [-0.25, -0.2) is 0 Å². The summed E-state index contributed by atoms with van der Waals surface area (Å²) in [5.41, 5.74) is 0.883. The molecule has 2 aromatic carbocycles. The SMILES string of the molecule is Cc1ccc(NC(=O)C(=O)Nc2cc(C(F)(F)F)ccc2Cl)c(C)c1. The molecule has 0 aromatic heterocycles. The summed E-state index contributed by atoms with van der Waals surface area (Å²) >= 11 is 5.78. The van der Waals surface area contributed by atoms with Crippen LogP contribution in [0.3, 0.4) is 0 Å². The van der Waals surface area contributed by atoms with Crippen molar-refractivity contribution < 1.29 is 22.8 Å². The molecule has 0 saturated carbocycles. The van der Waals surface area contributed by atoms with Gasteiger partial charge in [-0.1, -0.05) is 29.3 Å². The minimum Gasteiger partial charge on any atom is -0.318 e. The van der Waals surface area contributed by atoms with Crippen LogP contribution in [0.25, 0.3) is 0 Å². The van der Waals surface area contributed by atoms with Gasteiger partial charge in [-0.2, -0.15) is 13.2 Å². The number of alkyl halides is 3. The van der Waals surface area contributed by atoms with E-state index in [9.17, 15) is 22.8 Å². The molecule has 2 aromatic rings. The van der Waals surface area contributed by atoms with Gasteiger partial charge in [0.15, 0.2) is 0 Å². The lowest BCUT2D eigenvalue weighted by atomic mass is 10.1. The van der Waals surface area contributed by atoms with Gasteiger partial charge in [-0.05, 0) is 43.7 Å². The summed E-state index contributed by atoms with van der Waals surface area (Å²) in [5.74, 6) is -2.14. The Kier molecular flexibility index (Phi) is 5.37. The first kappa shape index (κ1) is 18.8. The molecule has 0 fully saturated rings. The maximum atomic E-state index is 12.7. The average Bonchev–Trinajstić information content (AvgIpc) is 2.50. The molecule has 0 heterocycles. The van der Waals surface area contributed by atoms with E-state index >= 15 is 0 Å². The van der Waals surface area contributed by atoms with Crippen molar-refractivity contribution in [2.75, 3.05) is 10.6 Å². The van der Waals surface area contributed by atoms with Crippen LogP contribution >= 0.6 is 11.6 Å². The van der Waals surface area contributed by atoms with Crippen molar-refractivity contribution in [3.8, 4) is 0 Å². The fourth-order valence-electron chi connectivity index (χ4n) is 2.11. The quantitative estimate of drug-likeness (QED) is 0.762. The zero-order valence-corrected chi connectivity index (χ0v) is 14.0. The van der Waals surface area contributed by atoms with Crippen LogP contribution in [0.5, 0.6) is 0 Å². The van der Waals surface area contributed by atoms with Gasteiger partial charge in [0, 0.05) is 5.69 Å². The number of hydrogen-bond donors (Lipinski definition) is 2. The first-order valence-corrected chi connectivity index (χ1v) is 7.52. The summed E-state index contributed by atoms with van der Waals surface area (Å²) in [6.07, 6.45) is -4.59. The smallest absolute Gasteiger partial charge is 0.318 e. The molecule has 2 amide bonds. The highest BCUT2D eigenvalue weighted by Gasteiger charge is 2.31. The van der Waals surface area contributed by atoms with Crippen molar-refractivity contribution in [3.63, 3.8) is 0 Å². The number of amides is 2. The Labute approximate surface area is 147 Å². The summed E-state index contributed by atoms with van der Waals surface area (Å²) < 4.78 is 38.2. The predicted molar refractivity (Wildman–Crippen MR) is 89.6 cm³/mol. The molecule has 0 aliphatic rings. The summed E-state index contributed by atoms with van der Waals surface area (Å²) in [4.78, 5) is 23.9. The first-order valence-electron chi connectivity index (χ1n) is 7.14. The summed E-state index contributed by atoms with van der Waals surface area (Å²) in [5, 5.41) is 4.39. The van der Waals surface area contributed by atoms with Crippen molar-refractivity contribution in [2.45, 2.75) is 20.0 Å². The van der Waals surface area contributed by atoms with E-state index in [0.717, 1.165) is 23.3 Å². The normalized spacial score (nSPS) is 11.1. The molecular formula is C17H14ClF3N2O2. The van der Waals surface area contributed by atoms with Gasteiger partial charge in [0.1, 0.15) is 0 Å². The van der Waals surface area contributed by atoms with Crippen molar-refractivity contribution >= 4 is 34.8 Å². The van der Waals surface area contributed by atoms with Crippen LogP contribution in [0.2, 0.25) is 5.02 Å². The van der Waals surface area contributed by atoms with Gasteiger partial charge in [0.05, 0.1) is 16.3 Å². The Hall–Kier alpha value is -2.54. The second-order valence-electron chi connectivity index (χ2n) is 5.42. The molecule has 0 unspecified atom stereocenters. The van der Waals surface area contributed by atoms with E-state index in [1.54, 1.807) is 19.1 Å². The van der Waals surface area contributed by atoms with Crippen molar-refractivity contribution in [2.24, 2.45) is 0 Å². The number of halogens is 4. The fraction of sp³-hybridized carbons (Fsp3) is 0.176. The highest BCUT2D eigenvalue weighted by atomic mass is 35.5. The third-order valence-electron chi connectivity index (χ3n) is 3.38. The molecular weight excluding hydrogens is 357 g/mol. The van der Waals surface area contributed by atoms with Gasteiger partial charge in [-0.3, -0.25) is 9.59 Å². The number of anilines is 2. The second-order valence-corrected chi connectivity index (χ2v) is 5.83. The van der Waals surface area contributed by atoms with Gasteiger partial charge in [0.2, 0.25) is 0 Å². The van der Waals surface area contributed by atoms with Gasteiger partial charge < -0.3 is 10.6 Å². The summed E-state index contributed by atoms with van der Waals surface area (Å²) in [7, 11) is 0. The Balaban J connectivity index is 2.15.